The van der Waals surface area contributed by atoms with Gasteiger partial charge in [0.05, 0.1) is 7.11 Å². The minimum absolute atomic E-state index is 0.200. The van der Waals surface area contributed by atoms with Crippen molar-refractivity contribution in [1.82, 2.24) is 0 Å². The summed E-state index contributed by atoms with van der Waals surface area (Å²) >= 11 is 0. The van der Waals surface area contributed by atoms with Crippen LogP contribution in [-0.2, 0) is 0 Å². The molecule has 2 aromatic rings. The highest BCUT2D eigenvalue weighted by atomic mass is 16.5. The molecule has 1 atom stereocenters. The number of aryl methyl sites for hydroxylation is 2. The van der Waals surface area contributed by atoms with E-state index in [2.05, 4.69) is 0 Å². The predicted molar refractivity (Wildman–Crippen MR) is 79.4 cm³/mol. The van der Waals surface area contributed by atoms with E-state index in [0.717, 1.165) is 22.4 Å². The van der Waals surface area contributed by atoms with Crippen molar-refractivity contribution < 1.29 is 14.6 Å². The number of ether oxygens (including phenoxy) is 2. The van der Waals surface area contributed by atoms with Gasteiger partial charge in [-0.1, -0.05) is 36.4 Å². The molecule has 0 aliphatic carbocycles. The smallest absolute Gasteiger partial charge is 0.125 e. The SMILES string of the molecule is COc1ccccc1C(O)COc1c(C)cccc1C. The molecule has 2 aromatic carbocycles. The molecule has 0 aliphatic heterocycles. The molecule has 20 heavy (non-hydrogen) atoms. The number of hydrogen-bond acceptors (Lipinski definition) is 3. The molecule has 3 nitrogen and oxygen atoms in total. The second-order valence-corrected chi connectivity index (χ2v) is 4.79. The third-order valence-electron chi connectivity index (χ3n) is 3.29. The first kappa shape index (κ1) is 14.4. The zero-order valence-corrected chi connectivity index (χ0v) is 12.1. The maximum Gasteiger partial charge on any atom is 0.125 e. The topological polar surface area (TPSA) is 38.7 Å². The van der Waals surface area contributed by atoms with Gasteiger partial charge in [-0.05, 0) is 31.0 Å². The molecule has 0 aliphatic rings. The molecule has 0 heterocycles. The van der Waals surface area contributed by atoms with Gasteiger partial charge in [0.25, 0.3) is 0 Å². The van der Waals surface area contributed by atoms with Crippen molar-refractivity contribution in [2.24, 2.45) is 0 Å². The monoisotopic (exact) mass is 272 g/mol. The van der Waals surface area contributed by atoms with Crippen LogP contribution >= 0.6 is 0 Å². The summed E-state index contributed by atoms with van der Waals surface area (Å²) in [5.74, 6) is 1.51. The van der Waals surface area contributed by atoms with Gasteiger partial charge in [0, 0.05) is 5.56 Å². The second kappa shape index (κ2) is 6.44. The van der Waals surface area contributed by atoms with Crippen LogP contribution in [0.25, 0.3) is 0 Å². The minimum atomic E-state index is -0.717. The lowest BCUT2D eigenvalue weighted by molar-refractivity contribution is 0.105. The molecular weight excluding hydrogens is 252 g/mol. The van der Waals surface area contributed by atoms with Crippen LogP contribution < -0.4 is 9.47 Å². The van der Waals surface area contributed by atoms with Gasteiger partial charge in [-0.25, -0.2) is 0 Å². The number of rotatable bonds is 5. The van der Waals surface area contributed by atoms with E-state index in [-0.39, 0.29) is 6.61 Å². The van der Waals surface area contributed by atoms with Crippen LogP contribution in [0.15, 0.2) is 42.5 Å². The Morgan fingerprint density at radius 3 is 2.30 bits per heavy atom. The average molecular weight is 272 g/mol. The molecule has 0 saturated heterocycles. The molecule has 3 heteroatoms. The van der Waals surface area contributed by atoms with Crippen molar-refractivity contribution in [3.63, 3.8) is 0 Å². The zero-order valence-electron chi connectivity index (χ0n) is 12.1. The third kappa shape index (κ3) is 3.11. The molecule has 0 spiro atoms. The van der Waals surface area contributed by atoms with Crippen LogP contribution in [-0.4, -0.2) is 18.8 Å². The Kier molecular flexibility index (Phi) is 4.64. The molecule has 0 bridgehead atoms. The van der Waals surface area contributed by atoms with E-state index >= 15 is 0 Å². The third-order valence-corrected chi connectivity index (χ3v) is 3.29. The zero-order chi connectivity index (χ0) is 14.5. The fraction of sp³-hybridized carbons (Fsp3) is 0.294. The Balaban J connectivity index is 2.11. The Labute approximate surface area is 119 Å². The van der Waals surface area contributed by atoms with Crippen LogP contribution in [0.4, 0.5) is 0 Å². The number of aliphatic hydroxyl groups is 1. The van der Waals surface area contributed by atoms with Gasteiger partial charge in [-0.15, -0.1) is 0 Å². The summed E-state index contributed by atoms with van der Waals surface area (Å²) in [7, 11) is 1.60. The minimum Gasteiger partial charge on any atom is -0.496 e. The molecule has 2 rings (SSSR count). The van der Waals surface area contributed by atoms with Crippen molar-refractivity contribution in [3.05, 3.63) is 59.2 Å². The van der Waals surface area contributed by atoms with Crippen LogP contribution in [0.1, 0.15) is 22.8 Å². The first-order valence-electron chi connectivity index (χ1n) is 6.63. The van der Waals surface area contributed by atoms with Crippen molar-refractivity contribution in [2.45, 2.75) is 20.0 Å². The normalized spacial score (nSPS) is 12.0. The average Bonchev–Trinajstić information content (AvgIpc) is 2.46. The molecule has 0 radical (unpaired) electrons. The number of para-hydroxylation sites is 2. The van der Waals surface area contributed by atoms with E-state index in [1.807, 2.05) is 56.3 Å². The molecule has 0 saturated carbocycles. The molecule has 106 valence electrons. The van der Waals surface area contributed by atoms with E-state index in [1.165, 1.54) is 0 Å². The standard InChI is InChI=1S/C17H20O3/c1-12-7-6-8-13(2)17(12)20-11-15(18)14-9-4-5-10-16(14)19-3/h4-10,15,18H,11H2,1-3H3. The predicted octanol–water partition coefficient (Wildman–Crippen LogP) is 3.42. The summed E-state index contributed by atoms with van der Waals surface area (Å²) in [5.41, 5.74) is 2.87. The maximum atomic E-state index is 10.3. The number of hydrogen-bond donors (Lipinski definition) is 1. The highest BCUT2D eigenvalue weighted by molar-refractivity contribution is 5.40. The summed E-state index contributed by atoms with van der Waals surface area (Å²) in [6.45, 7) is 4.20. The van der Waals surface area contributed by atoms with Crippen LogP contribution in [0, 0.1) is 13.8 Å². The van der Waals surface area contributed by atoms with Gasteiger partial charge in [-0.2, -0.15) is 0 Å². The first-order chi connectivity index (χ1) is 9.63. The fourth-order valence-electron chi connectivity index (χ4n) is 2.22. The summed E-state index contributed by atoms with van der Waals surface area (Å²) < 4.78 is 11.0. The second-order valence-electron chi connectivity index (χ2n) is 4.79. The quantitative estimate of drug-likeness (QED) is 0.906. The van der Waals surface area contributed by atoms with Crippen molar-refractivity contribution in [3.8, 4) is 11.5 Å². The lowest BCUT2D eigenvalue weighted by atomic mass is 10.1. The summed E-state index contributed by atoms with van der Waals surface area (Å²) in [6.07, 6.45) is -0.717. The summed E-state index contributed by atoms with van der Waals surface area (Å²) in [4.78, 5) is 0. The Bertz CT molecular complexity index is 558. The Morgan fingerprint density at radius 1 is 1.00 bits per heavy atom. The van der Waals surface area contributed by atoms with Crippen molar-refractivity contribution in [2.75, 3.05) is 13.7 Å². The number of aliphatic hydroxyl groups excluding tert-OH is 1. The fourth-order valence-corrected chi connectivity index (χ4v) is 2.22. The van der Waals surface area contributed by atoms with Crippen molar-refractivity contribution >= 4 is 0 Å². The Morgan fingerprint density at radius 2 is 1.65 bits per heavy atom. The Hall–Kier alpha value is -2.00. The van der Waals surface area contributed by atoms with Gasteiger partial charge < -0.3 is 14.6 Å². The van der Waals surface area contributed by atoms with E-state index < -0.39 is 6.10 Å². The molecule has 1 unspecified atom stereocenters. The summed E-state index contributed by atoms with van der Waals surface area (Å²) in [5, 5.41) is 10.3. The largest absolute Gasteiger partial charge is 0.496 e. The summed E-state index contributed by atoms with van der Waals surface area (Å²) in [6, 6.07) is 13.4. The number of benzene rings is 2. The van der Waals surface area contributed by atoms with Gasteiger partial charge in [0.2, 0.25) is 0 Å². The lowest BCUT2D eigenvalue weighted by Crippen LogP contribution is -2.11. The van der Waals surface area contributed by atoms with E-state index in [9.17, 15) is 5.11 Å². The van der Waals surface area contributed by atoms with Crippen LogP contribution in [0.3, 0.4) is 0 Å². The van der Waals surface area contributed by atoms with E-state index in [0.29, 0.717) is 5.75 Å². The molecule has 0 aromatic heterocycles. The van der Waals surface area contributed by atoms with Gasteiger partial charge >= 0.3 is 0 Å². The molecule has 0 fully saturated rings. The van der Waals surface area contributed by atoms with Gasteiger partial charge in [0.1, 0.15) is 24.2 Å². The maximum absolute atomic E-state index is 10.3. The van der Waals surface area contributed by atoms with Crippen LogP contribution in [0.5, 0.6) is 11.5 Å². The van der Waals surface area contributed by atoms with Crippen LogP contribution in [0.2, 0.25) is 0 Å². The van der Waals surface area contributed by atoms with E-state index in [1.54, 1.807) is 7.11 Å². The van der Waals surface area contributed by atoms with Gasteiger partial charge in [0.15, 0.2) is 0 Å². The molecule has 1 N–H and O–H groups in total. The van der Waals surface area contributed by atoms with E-state index in [4.69, 9.17) is 9.47 Å². The van der Waals surface area contributed by atoms with Gasteiger partial charge in [-0.3, -0.25) is 0 Å². The highest BCUT2D eigenvalue weighted by Gasteiger charge is 2.14. The van der Waals surface area contributed by atoms with Crippen molar-refractivity contribution in [1.29, 1.82) is 0 Å². The molecular formula is C17H20O3. The first-order valence-corrected chi connectivity index (χ1v) is 6.63. The highest BCUT2D eigenvalue weighted by Crippen LogP contribution is 2.27. The number of methoxy groups -OCH3 is 1. The molecule has 0 amide bonds. The lowest BCUT2D eigenvalue weighted by Gasteiger charge is -2.17.